The van der Waals surface area contributed by atoms with Crippen molar-refractivity contribution >= 4 is 30.1 Å². The van der Waals surface area contributed by atoms with Gasteiger partial charge < -0.3 is 10.1 Å². The van der Waals surface area contributed by atoms with E-state index in [9.17, 15) is 8.78 Å². The Labute approximate surface area is 143 Å². The molecule has 0 aliphatic carbocycles. The van der Waals surface area contributed by atoms with E-state index in [4.69, 9.17) is 4.74 Å². The Bertz CT molecular complexity index is 767. The van der Waals surface area contributed by atoms with Crippen LogP contribution in [0.5, 0.6) is 0 Å². The van der Waals surface area contributed by atoms with Crippen molar-refractivity contribution in [2.45, 2.75) is 6.61 Å². The van der Waals surface area contributed by atoms with Gasteiger partial charge in [0.15, 0.2) is 9.59 Å². The molecule has 0 amide bonds. The van der Waals surface area contributed by atoms with Crippen molar-refractivity contribution in [3.8, 4) is 0 Å². The fourth-order valence-electron chi connectivity index (χ4n) is 1.93. The van der Waals surface area contributed by atoms with Crippen LogP contribution in [-0.4, -0.2) is 3.63 Å². The molecule has 0 fully saturated rings. The highest BCUT2D eigenvalue weighted by Crippen LogP contribution is 2.29. The molecule has 0 spiro atoms. The van der Waals surface area contributed by atoms with Gasteiger partial charge >= 0.3 is 0 Å². The van der Waals surface area contributed by atoms with E-state index < -0.39 is 20.7 Å². The van der Waals surface area contributed by atoms with Crippen molar-refractivity contribution < 1.29 is 13.5 Å². The molecule has 1 aliphatic heterocycles. The summed E-state index contributed by atoms with van der Waals surface area (Å²) in [5.41, 5.74) is 1.77. The van der Waals surface area contributed by atoms with Gasteiger partial charge in [-0.05, 0) is 62.7 Å². The molecule has 1 heterocycles. The fourth-order valence-corrected chi connectivity index (χ4v) is 4.02. The molecule has 0 bridgehead atoms. The Morgan fingerprint density at radius 2 is 1.65 bits per heavy atom. The summed E-state index contributed by atoms with van der Waals surface area (Å²) in [6.07, 6.45) is 3.11. The quantitative estimate of drug-likeness (QED) is 0.660. The van der Waals surface area contributed by atoms with Crippen LogP contribution in [0.25, 0.3) is 0 Å². The Morgan fingerprint density at radius 1 is 0.913 bits per heavy atom. The summed E-state index contributed by atoms with van der Waals surface area (Å²) in [4.78, 5) is 0. The molecule has 1 N–H and O–H groups in total. The highest BCUT2D eigenvalue weighted by Gasteiger charge is 2.11. The number of benzene rings is 2. The maximum Gasteiger partial charge on any atom is 0.189 e. The minimum Gasteiger partial charge on any atom is -0.480 e. The van der Waals surface area contributed by atoms with Gasteiger partial charge in [-0.3, -0.25) is 0 Å². The maximum absolute atomic E-state index is 13.9. The normalized spacial score (nSPS) is 14.1. The van der Waals surface area contributed by atoms with Gasteiger partial charge in [-0.2, -0.15) is 0 Å². The van der Waals surface area contributed by atoms with Crippen LogP contribution in [-0.2, 0) is 11.3 Å². The average Bonchev–Trinajstić information content (AvgIpc) is 2.58. The molecule has 0 saturated heterocycles. The van der Waals surface area contributed by atoms with E-state index in [1.807, 2.05) is 30.3 Å². The number of rotatable bonds is 5. The van der Waals surface area contributed by atoms with Crippen LogP contribution in [0.4, 0.5) is 14.5 Å². The van der Waals surface area contributed by atoms with Crippen molar-refractivity contribution in [2.24, 2.45) is 0 Å². The predicted molar refractivity (Wildman–Crippen MR) is 97.6 cm³/mol. The Morgan fingerprint density at radius 3 is 2.39 bits per heavy atom. The highest BCUT2D eigenvalue weighted by molar-refractivity contribution is 14.2. The molecular formula is C18H14F2INO. The molecule has 2 nitrogen and oxygen atoms in total. The van der Waals surface area contributed by atoms with Crippen LogP contribution in [0.2, 0.25) is 0 Å². The molecule has 0 atom stereocenters. The van der Waals surface area contributed by atoms with Crippen LogP contribution in [0.3, 0.4) is 0 Å². The molecule has 0 unspecified atom stereocenters. The first-order valence-electron chi connectivity index (χ1n) is 7.00. The molecular weight excluding hydrogens is 411 g/mol. The van der Waals surface area contributed by atoms with Crippen molar-refractivity contribution in [3.05, 3.63) is 87.7 Å². The molecule has 118 valence electrons. The zero-order valence-corrected chi connectivity index (χ0v) is 14.3. The number of hydrogen-bond acceptors (Lipinski definition) is 2. The number of hydrogen-bond donors (Lipinski definition) is 1. The second kappa shape index (κ2) is 7.50. The maximum atomic E-state index is 13.9. The molecule has 5 heteroatoms. The van der Waals surface area contributed by atoms with Gasteiger partial charge in [-0.1, -0.05) is 30.3 Å². The summed E-state index contributed by atoms with van der Waals surface area (Å²) in [7, 11) is 0. The van der Waals surface area contributed by atoms with E-state index in [2.05, 4.69) is 5.32 Å². The lowest BCUT2D eigenvalue weighted by atomic mass is 10.2. The van der Waals surface area contributed by atoms with Crippen molar-refractivity contribution in [1.82, 2.24) is 0 Å². The first-order chi connectivity index (χ1) is 11.2. The van der Waals surface area contributed by atoms with Crippen LogP contribution < -0.4 is 5.32 Å². The van der Waals surface area contributed by atoms with E-state index in [1.165, 1.54) is 18.2 Å². The smallest absolute Gasteiger partial charge is 0.189 e. The van der Waals surface area contributed by atoms with Crippen molar-refractivity contribution in [2.75, 3.05) is 5.32 Å². The van der Waals surface area contributed by atoms with Gasteiger partial charge in [-0.25, -0.2) is 8.78 Å². The lowest BCUT2D eigenvalue weighted by Crippen LogP contribution is -2.08. The van der Waals surface area contributed by atoms with Gasteiger partial charge in [0, 0.05) is 5.69 Å². The standard InChI is InChI=1S/C18H14F2INO/c19-14-6-8-15(9-7-14)22-17-11-10-16(20)18(21-17)23-12-13-4-2-1-3-5-13/h1-11,22H,12H2. The molecule has 3 rings (SSSR count). The molecule has 2 aromatic carbocycles. The number of nitrogens with one attached hydrogen (secondary N) is 1. The zero-order chi connectivity index (χ0) is 16.1. The molecule has 0 radical (unpaired) electrons. The van der Waals surface area contributed by atoms with Crippen molar-refractivity contribution in [3.63, 3.8) is 0 Å². The Balaban J connectivity index is 1.69. The molecule has 23 heavy (non-hydrogen) atoms. The summed E-state index contributed by atoms with van der Waals surface area (Å²) in [6, 6.07) is 15.7. The first kappa shape index (κ1) is 15.9. The third-order valence-electron chi connectivity index (χ3n) is 3.07. The second-order valence-electron chi connectivity index (χ2n) is 4.80. The van der Waals surface area contributed by atoms with Gasteiger partial charge in [-0.15, -0.1) is 0 Å². The van der Waals surface area contributed by atoms with E-state index >= 15 is 0 Å². The summed E-state index contributed by atoms with van der Waals surface area (Å²) >= 11 is -0.782. The SMILES string of the molecule is FC1=C(OCc2ccccc2)I=C(Nc2ccc(F)cc2)C=C1. The van der Waals surface area contributed by atoms with Crippen LogP contribution in [0.15, 0.2) is 76.3 Å². The molecule has 0 saturated carbocycles. The summed E-state index contributed by atoms with van der Waals surface area (Å²) < 4.78 is 33.8. The molecule has 0 aromatic heterocycles. The summed E-state index contributed by atoms with van der Waals surface area (Å²) in [6.45, 7) is 0.348. The number of ether oxygens (including phenoxy) is 1. The minimum absolute atomic E-state index is 0.285. The second-order valence-corrected chi connectivity index (χ2v) is 7.48. The first-order valence-corrected chi connectivity index (χ1v) is 9.15. The van der Waals surface area contributed by atoms with E-state index in [0.717, 1.165) is 14.9 Å². The molecule has 2 aromatic rings. The number of allylic oxidation sites excluding steroid dienone is 2. The fraction of sp³-hybridized carbons (Fsp3) is 0.0556. The predicted octanol–water partition coefficient (Wildman–Crippen LogP) is 5.26. The van der Waals surface area contributed by atoms with Crippen LogP contribution in [0, 0.1) is 5.82 Å². The Kier molecular flexibility index (Phi) is 5.17. The largest absolute Gasteiger partial charge is 0.480 e. The number of halogens is 3. The van der Waals surface area contributed by atoms with Gasteiger partial charge in [0.25, 0.3) is 0 Å². The average molecular weight is 425 g/mol. The summed E-state index contributed by atoms with van der Waals surface area (Å²) in [5, 5.41) is 3.19. The van der Waals surface area contributed by atoms with Gasteiger partial charge in [0.1, 0.15) is 12.4 Å². The van der Waals surface area contributed by atoms with Gasteiger partial charge in [0.2, 0.25) is 0 Å². The molecule has 1 aliphatic rings. The lowest BCUT2D eigenvalue weighted by Gasteiger charge is -2.13. The third kappa shape index (κ3) is 4.48. The van der Waals surface area contributed by atoms with E-state index in [-0.39, 0.29) is 11.6 Å². The summed E-state index contributed by atoms with van der Waals surface area (Å²) in [5.74, 6) is -0.606. The minimum atomic E-state index is -0.782. The topological polar surface area (TPSA) is 21.3 Å². The van der Waals surface area contributed by atoms with E-state index in [0.29, 0.717) is 10.4 Å². The van der Waals surface area contributed by atoms with Crippen LogP contribution >= 0.6 is 20.7 Å². The monoisotopic (exact) mass is 425 g/mol. The zero-order valence-electron chi connectivity index (χ0n) is 12.1. The van der Waals surface area contributed by atoms with E-state index in [1.54, 1.807) is 18.2 Å². The van der Waals surface area contributed by atoms with Gasteiger partial charge in [0.05, 0.1) is 3.63 Å². The highest BCUT2D eigenvalue weighted by atomic mass is 127. The van der Waals surface area contributed by atoms with Crippen LogP contribution in [0.1, 0.15) is 5.56 Å². The lowest BCUT2D eigenvalue weighted by molar-refractivity contribution is 0.223. The van der Waals surface area contributed by atoms with Crippen molar-refractivity contribution in [1.29, 1.82) is 0 Å². The number of anilines is 1. The Hall–Kier alpha value is -2.02. The third-order valence-corrected chi connectivity index (χ3v) is 5.59.